The van der Waals surface area contributed by atoms with E-state index in [0.29, 0.717) is 17.1 Å². The molecule has 0 aliphatic heterocycles. The highest BCUT2D eigenvalue weighted by Crippen LogP contribution is 2.17. The van der Waals surface area contributed by atoms with Crippen molar-refractivity contribution in [2.75, 3.05) is 0 Å². The van der Waals surface area contributed by atoms with Gasteiger partial charge in [0.1, 0.15) is 0 Å². The number of nitrogens with zero attached hydrogens (tertiary/aromatic N) is 3. The number of aromatic nitrogens is 4. The summed E-state index contributed by atoms with van der Waals surface area (Å²) in [5.74, 6) is 0.612. The van der Waals surface area contributed by atoms with Crippen LogP contribution in [0.5, 0.6) is 0 Å². The minimum Gasteiger partial charge on any atom is -0.414 e. The number of hydrogen-bond acceptors (Lipinski definition) is 4. The van der Waals surface area contributed by atoms with Gasteiger partial charge in [-0.15, -0.1) is 5.10 Å². The molecule has 0 fully saturated rings. The van der Waals surface area contributed by atoms with Gasteiger partial charge in [0.15, 0.2) is 0 Å². The van der Waals surface area contributed by atoms with Crippen LogP contribution in [0.2, 0.25) is 0 Å². The van der Waals surface area contributed by atoms with Crippen LogP contribution in [0.4, 0.5) is 0 Å². The molecule has 0 radical (unpaired) electrons. The molecular formula is C12H18N4OS. The summed E-state index contributed by atoms with van der Waals surface area (Å²) >= 11 is 4.87. The fraction of sp³-hybridized carbons (Fsp3) is 0.583. The van der Waals surface area contributed by atoms with E-state index < -0.39 is 0 Å². The van der Waals surface area contributed by atoms with Crippen LogP contribution in [0.3, 0.4) is 0 Å². The summed E-state index contributed by atoms with van der Waals surface area (Å²) in [5, 5.41) is 11.2. The fourth-order valence-electron chi connectivity index (χ4n) is 2.00. The number of unbranched alkanes of at least 4 members (excludes halogenated alkanes) is 1. The Labute approximate surface area is 111 Å². The monoisotopic (exact) mass is 266 g/mol. The van der Waals surface area contributed by atoms with E-state index in [9.17, 15) is 0 Å². The minimum absolute atomic E-state index is 0.318. The highest BCUT2D eigenvalue weighted by atomic mass is 32.1. The zero-order chi connectivity index (χ0) is 13.1. The molecule has 2 aromatic heterocycles. The summed E-state index contributed by atoms with van der Waals surface area (Å²) < 4.78 is 7.36. The van der Waals surface area contributed by atoms with Crippen molar-refractivity contribution in [2.45, 2.75) is 46.6 Å². The van der Waals surface area contributed by atoms with Gasteiger partial charge in [-0.05, 0) is 32.5 Å². The summed E-state index contributed by atoms with van der Waals surface area (Å²) in [5.41, 5.74) is 3.40. The van der Waals surface area contributed by atoms with Gasteiger partial charge < -0.3 is 4.42 Å². The number of aromatic amines is 1. The highest BCUT2D eigenvalue weighted by molar-refractivity contribution is 7.71. The number of rotatable bonds is 5. The van der Waals surface area contributed by atoms with Gasteiger partial charge in [0.25, 0.3) is 4.84 Å². The lowest BCUT2D eigenvalue weighted by Crippen LogP contribution is -2.02. The van der Waals surface area contributed by atoms with Crippen molar-refractivity contribution in [2.24, 2.45) is 0 Å². The molecule has 18 heavy (non-hydrogen) atoms. The predicted molar refractivity (Wildman–Crippen MR) is 71.1 cm³/mol. The van der Waals surface area contributed by atoms with E-state index in [1.165, 1.54) is 17.7 Å². The Bertz CT molecular complexity index is 581. The first-order chi connectivity index (χ1) is 8.61. The second-order valence-electron chi connectivity index (χ2n) is 4.41. The molecule has 0 aliphatic rings. The zero-order valence-corrected chi connectivity index (χ0v) is 11.8. The Morgan fingerprint density at radius 1 is 1.39 bits per heavy atom. The normalized spacial score (nSPS) is 11.1. The van der Waals surface area contributed by atoms with E-state index in [2.05, 4.69) is 33.8 Å². The molecule has 2 heterocycles. The summed E-state index contributed by atoms with van der Waals surface area (Å²) in [6.45, 7) is 7.26. The molecule has 6 heteroatoms. The van der Waals surface area contributed by atoms with Crippen molar-refractivity contribution < 1.29 is 4.42 Å². The SMILES string of the molecule is CCCCn1nc(C)c(Cc2n[nH]c(=S)o2)c1C. The molecule has 0 unspecified atom stereocenters. The molecule has 0 amide bonds. The number of nitrogens with one attached hydrogen (secondary N) is 1. The molecule has 1 N–H and O–H groups in total. The smallest absolute Gasteiger partial charge is 0.284 e. The van der Waals surface area contributed by atoms with Crippen molar-refractivity contribution in [3.63, 3.8) is 0 Å². The van der Waals surface area contributed by atoms with Crippen LogP contribution in [-0.2, 0) is 13.0 Å². The van der Waals surface area contributed by atoms with Crippen LogP contribution < -0.4 is 0 Å². The largest absolute Gasteiger partial charge is 0.414 e. The fourth-order valence-corrected chi connectivity index (χ4v) is 2.14. The number of aryl methyl sites for hydroxylation is 2. The van der Waals surface area contributed by atoms with Crippen molar-refractivity contribution in [3.05, 3.63) is 27.7 Å². The quantitative estimate of drug-likeness (QED) is 0.845. The van der Waals surface area contributed by atoms with E-state index >= 15 is 0 Å². The van der Waals surface area contributed by atoms with Gasteiger partial charge >= 0.3 is 0 Å². The molecule has 98 valence electrons. The molecule has 0 aliphatic carbocycles. The van der Waals surface area contributed by atoms with Gasteiger partial charge in [0.2, 0.25) is 5.89 Å². The van der Waals surface area contributed by atoms with E-state index in [-0.39, 0.29) is 0 Å². The Hall–Kier alpha value is -1.43. The Morgan fingerprint density at radius 3 is 2.78 bits per heavy atom. The average Bonchev–Trinajstić information content (AvgIpc) is 2.86. The van der Waals surface area contributed by atoms with Crippen LogP contribution >= 0.6 is 12.2 Å². The molecule has 5 nitrogen and oxygen atoms in total. The van der Waals surface area contributed by atoms with Crippen LogP contribution in [0.15, 0.2) is 4.42 Å². The molecule has 0 spiro atoms. The highest BCUT2D eigenvalue weighted by Gasteiger charge is 2.14. The lowest BCUT2D eigenvalue weighted by Gasteiger charge is -2.03. The Balaban J connectivity index is 2.22. The number of hydrogen-bond donors (Lipinski definition) is 1. The first kappa shape index (κ1) is 13.0. The van der Waals surface area contributed by atoms with Crippen LogP contribution in [0.25, 0.3) is 0 Å². The predicted octanol–water partition coefficient (Wildman–Crippen LogP) is 2.94. The lowest BCUT2D eigenvalue weighted by atomic mass is 10.1. The maximum atomic E-state index is 5.30. The van der Waals surface area contributed by atoms with Crippen molar-refractivity contribution >= 4 is 12.2 Å². The van der Waals surface area contributed by atoms with E-state index in [4.69, 9.17) is 16.6 Å². The second-order valence-corrected chi connectivity index (χ2v) is 4.78. The first-order valence-corrected chi connectivity index (χ1v) is 6.60. The summed E-state index contributed by atoms with van der Waals surface area (Å²) in [4.78, 5) is 0.318. The summed E-state index contributed by atoms with van der Waals surface area (Å²) in [7, 11) is 0. The third kappa shape index (κ3) is 2.69. The first-order valence-electron chi connectivity index (χ1n) is 6.19. The van der Waals surface area contributed by atoms with Gasteiger partial charge in [-0.3, -0.25) is 4.68 Å². The Kier molecular flexibility index (Phi) is 3.96. The molecule has 0 saturated carbocycles. The molecule has 0 atom stereocenters. The average molecular weight is 266 g/mol. The van der Waals surface area contributed by atoms with E-state index in [1.807, 2.05) is 6.92 Å². The van der Waals surface area contributed by atoms with Gasteiger partial charge in [-0.1, -0.05) is 13.3 Å². The summed E-state index contributed by atoms with van der Waals surface area (Å²) in [6, 6.07) is 0. The third-order valence-corrected chi connectivity index (χ3v) is 3.24. The Morgan fingerprint density at radius 2 is 2.17 bits per heavy atom. The van der Waals surface area contributed by atoms with Gasteiger partial charge in [-0.2, -0.15) is 5.10 Å². The van der Waals surface area contributed by atoms with Gasteiger partial charge in [-0.25, -0.2) is 5.10 Å². The van der Waals surface area contributed by atoms with Crippen molar-refractivity contribution in [1.82, 2.24) is 20.0 Å². The van der Waals surface area contributed by atoms with Crippen LogP contribution in [0, 0.1) is 18.7 Å². The van der Waals surface area contributed by atoms with Crippen molar-refractivity contribution in [3.8, 4) is 0 Å². The maximum Gasteiger partial charge on any atom is 0.284 e. The van der Waals surface area contributed by atoms with E-state index in [1.54, 1.807) is 0 Å². The van der Waals surface area contributed by atoms with E-state index in [0.717, 1.165) is 18.7 Å². The van der Waals surface area contributed by atoms with Gasteiger partial charge in [0, 0.05) is 17.8 Å². The topological polar surface area (TPSA) is 59.6 Å². The molecule has 2 rings (SSSR count). The second kappa shape index (κ2) is 5.48. The third-order valence-electron chi connectivity index (χ3n) is 3.07. The van der Waals surface area contributed by atoms with Gasteiger partial charge in [0.05, 0.1) is 12.1 Å². The minimum atomic E-state index is 0.318. The molecular weight excluding hydrogens is 248 g/mol. The molecule has 0 aromatic carbocycles. The standard InChI is InChI=1S/C12H18N4OS/c1-4-5-6-16-9(3)10(8(2)15-16)7-11-13-14-12(18)17-11/h4-7H2,1-3H3,(H,14,18). The number of H-pyrrole nitrogens is 1. The molecule has 0 saturated heterocycles. The summed E-state index contributed by atoms with van der Waals surface area (Å²) in [6.07, 6.45) is 2.95. The molecule has 2 aromatic rings. The van der Waals surface area contributed by atoms with Crippen LogP contribution in [-0.4, -0.2) is 20.0 Å². The maximum absolute atomic E-state index is 5.30. The van der Waals surface area contributed by atoms with Crippen molar-refractivity contribution in [1.29, 1.82) is 0 Å². The van der Waals surface area contributed by atoms with Crippen LogP contribution in [0.1, 0.15) is 42.6 Å². The lowest BCUT2D eigenvalue weighted by molar-refractivity contribution is 0.490. The zero-order valence-electron chi connectivity index (χ0n) is 11.0. The molecule has 0 bridgehead atoms.